The maximum absolute atomic E-state index is 11.7. The zero-order valence-electron chi connectivity index (χ0n) is 26.1. The number of hydrogen-bond donors (Lipinski definition) is 1. The van der Waals surface area contributed by atoms with Crippen LogP contribution in [0.2, 0.25) is 0 Å². The van der Waals surface area contributed by atoms with Crippen LogP contribution in [0.25, 0.3) is 10.9 Å². The van der Waals surface area contributed by atoms with Crippen LogP contribution in [0.5, 0.6) is 0 Å². The van der Waals surface area contributed by atoms with Gasteiger partial charge in [-0.15, -0.1) is 5.56 Å². The molecule has 1 aliphatic heterocycles. The number of nitrogens with zero attached hydrogens (tertiary/aromatic N) is 2. The van der Waals surface area contributed by atoms with E-state index in [2.05, 4.69) is 86.7 Å². The first-order valence-electron chi connectivity index (χ1n) is 15.1. The summed E-state index contributed by atoms with van der Waals surface area (Å²) in [6.07, 6.45) is 8.23. The van der Waals surface area contributed by atoms with Gasteiger partial charge in [0, 0.05) is 49.5 Å². The number of pyridine rings is 1. The number of carbonyl (C=O) groups is 1. The Morgan fingerprint density at radius 1 is 0.976 bits per heavy atom. The minimum atomic E-state index is 0. The Labute approximate surface area is 260 Å². The number of aryl methyl sites for hydroxylation is 2. The van der Waals surface area contributed by atoms with Crippen molar-refractivity contribution in [2.24, 2.45) is 22.7 Å². The zero-order chi connectivity index (χ0) is 29.4. The first-order valence-corrected chi connectivity index (χ1v) is 15.1. The molecule has 0 spiro atoms. The maximum atomic E-state index is 11.7. The van der Waals surface area contributed by atoms with Gasteiger partial charge in [0.15, 0.2) is 11.8 Å². The van der Waals surface area contributed by atoms with Crippen LogP contribution < -0.4 is 9.73 Å². The van der Waals surface area contributed by atoms with E-state index in [0.717, 1.165) is 43.2 Å². The molecule has 1 atom stereocenters. The number of aliphatic hydroxyl groups is 1. The summed E-state index contributed by atoms with van der Waals surface area (Å²) in [5.41, 5.74) is 7.23. The molecule has 2 heterocycles. The van der Waals surface area contributed by atoms with Crippen LogP contribution in [0.3, 0.4) is 0 Å². The third-order valence-electron chi connectivity index (χ3n) is 7.79. The molecular formula is C36H48IrN2O2. The number of hydrogen-bond acceptors (Lipinski definition) is 3. The smallest absolute Gasteiger partial charge is 0.323 e. The van der Waals surface area contributed by atoms with Gasteiger partial charge in [-0.2, -0.15) is 33.6 Å². The van der Waals surface area contributed by atoms with Gasteiger partial charge in [-0.05, 0) is 55.7 Å². The van der Waals surface area contributed by atoms with E-state index in [1.54, 1.807) is 0 Å². The third-order valence-corrected chi connectivity index (χ3v) is 7.79. The quantitative estimate of drug-likeness (QED) is 0.0995. The van der Waals surface area contributed by atoms with E-state index < -0.39 is 0 Å². The van der Waals surface area contributed by atoms with Crippen LogP contribution in [0.15, 0.2) is 59.3 Å². The molecule has 0 bridgehead atoms. The third kappa shape index (κ3) is 9.18. The van der Waals surface area contributed by atoms with Crippen molar-refractivity contribution in [2.75, 3.05) is 0 Å². The van der Waals surface area contributed by atoms with Gasteiger partial charge < -0.3 is 5.11 Å². The minimum Gasteiger partial charge on any atom is -0.512 e. The number of allylic oxidation sites excluding steroid dienone is 2. The maximum Gasteiger partial charge on any atom is 0.323 e. The standard InChI is InChI=1S/C23H24N2.C13H24O2.Ir/c1-15(2)9-18-5-6-19-7-8-23-24-21(14-25(23)22(19)13-18)20-11-16(3)10-17(4)12-20;1-5-10(6-2)12(14)9-13(15)11(7-3)8-4;/h5-8,10-11,13-15,21H,9H2,1-4H3;9-11,14H,5-8H2,1-4H3;/b;12-9-;. The first-order chi connectivity index (χ1) is 19.1. The van der Waals surface area contributed by atoms with Crippen LogP contribution >= 0.6 is 0 Å². The molecule has 0 amide bonds. The summed E-state index contributed by atoms with van der Waals surface area (Å²) < 4.78 is 2.25. The first kappa shape index (κ1) is 34.6. The summed E-state index contributed by atoms with van der Waals surface area (Å²) in [7, 11) is 0. The number of aromatic nitrogens is 1. The van der Waals surface area contributed by atoms with Crippen LogP contribution in [-0.4, -0.2) is 10.9 Å². The fourth-order valence-corrected chi connectivity index (χ4v) is 5.50. The molecule has 41 heavy (non-hydrogen) atoms. The number of rotatable bonds is 10. The molecule has 1 radical (unpaired) electrons. The summed E-state index contributed by atoms with van der Waals surface area (Å²) in [6.45, 7) is 16.8. The molecule has 2 aromatic carbocycles. The van der Waals surface area contributed by atoms with Crippen molar-refractivity contribution in [3.8, 4) is 0 Å². The Kier molecular flexibility index (Phi) is 13.6. The van der Waals surface area contributed by atoms with Crippen molar-refractivity contribution in [2.45, 2.75) is 93.5 Å². The zero-order valence-corrected chi connectivity index (χ0v) is 28.5. The molecule has 4 rings (SSSR count). The van der Waals surface area contributed by atoms with Gasteiger partial charge in [0.1, 0.15) is 11.7 Å². The van der Waals surface area contributed by atoms with Crippen molar-refractivity contribution in [3.05, 3.63) is 94.3 Å². The number of benzene rings is 2. The molecule has 223 valence electrons. The Morgan fingerprint density at radius 3 is 2.20 bits per heavy atom. The molecule has 1 N–H and O–H groups in total. The molecule has 0 aliphatic carbocycles. The average molecular weight is 733 g/mol. The second-order valence-corrected chi connectivity index (χ2v) is 11.6. The molecule has 0 saturated carbocycles. The largest absolute Gasteiger partial charge is 0.512 e. The fraction of sp³-hybridized carbons (Fsp3) is 0.472. The second-order valence-electron chi connectivity index (χ2n) is 11.6. The number of carbonyl (C=O) groups excluding carboxylic acids is 1. The van der Waals surface area contributed by atoms with Gasteiger partial charge in [-0.25, -0.2) is 0 Å². The Bertz CT molecular complexity index is 1450. The van der Waals surface area contributed by atoms with Gasteiger partial charge in [-0.1, -0.05) is 72.5 Å². The summed E-state index contributed by atoms with van der Waals surface area (Å²) in [5.74, 6) is 1.21. The summed E-state index contributed by atoms with van der Waals surface area (Å²) >= 11 is 0. The molecule has 0 saturated heterocycles. The molecular weight excluding hydrogens is 685 g/mol. The van der Waals surface area contributed by atoms with Crippen molar-refractivity contribution in [1.82, 2.24) is 0 Å². The fourth-order valence-electron chi connectivity index (χ4n) is 5.50. The van der Waals surface area contributed by atoms with Crippen LogP contribution in [-0.2, 0) is 31.3 Å². The molecule has 1 unspecified atom stereocenters. The molecule has 3 aromatic rings. The van der Waals surface area contributed by atoms with Crippen molar-refractivity contribution < 1.29 is 34.2 Å². The number of fused-ring (bicyclic) bond motifs is 3. The van der Waals surface area contributed by atoms with E-state index in [0.29, 0.717) is 5.92 Å². The predicted octanol–water partition coefficient (Wildman–Crippen LogP) is 7.99. The van der Waals surface area contributed by atoms with Gasteiger partial charge in [0.25, 0.3) is 0 Å². The van der Waals surface area contributed by atoms with Gasteiger partial charge in [0.05, 0.1) is 5.76 Å². The summed E-state index contributed by atoms with van der Waals surface area (Å²) in [6, 6.07) is 18.9. The van der Waals surface area contributed by atoms with Crippen LogP contribution in [0.4, 0.5) is 0 Å². The topological polar surface area (TPSA) is 55.6 Å². The number of ketones is 1. The Hall–Kier alpha value is -2.62. The predicted molar refractivity (Wildman–Crippen MR) is 165 cm³/mol. The van der Waals surface area contributed by atoms with Crippen LogP contribution in [0, 0.1) is 43.9 Å². The molecule has 1 aliphatic rings. The van der Waals surface area contributed by atoms with E-state index in [-0.39, 0.29) is 49.5 Å². The van der Waals surface area contributed by atoms with E-state index in [1.165, 1.54) is 33.7 Å². The van der Waals surface area contributed by atoms with E-state index in [1.807, 2.05) is 27.7 Å². The van der Waals surface area contributed by atoms with Gasteiger partial charge in [-0.3, -0.25) is 4.79 Å². The average Bonchev–Trinajstić information content (AvgIpc) is 3.35. The van der Waals surface area contributed by atoms with Crippen molar-refractivity contribution in [3.63, 3.8) is 0 Å². The number of aliphatic hydroxyl groups excluding tert-OH is 1. The van der Waals surface area contributed by atoms with E-state index in [9.17, 15) is 9.90 Å². The van der Waals surface area contributed by atoms with Crippen LogP contribution in [0.1, 0.15) is 95.5 Å². The van der Waals surface area contributed by atoms with E-state index in [4.69, 9.17) is 4.99 Å². The summed E-state index contributed by atoms with van der Waals surface area (Å²) in [5, 5.41) is 11.0. The Balaban J connectivity index is 0.000000320. The monoisotopic (exact) mass is 733 g/mol. The minimum absolute atomic E-state index is 0. The SMILES string of the molecule is CCC(CC)C(=O)/C=C(\O)C(CC)CC.Cc1[c-]c(C2C=[n+]3c(ccc4ccc(CC(C)C)cc43)=N2)cc(C)c1.[Ir]. The second kappa shape index (κ2) is 16.1. The molecule has 0 fully saturated rings. The van der Waals surface area contributed by atoms with Crippen molar-refractivity contribution >= 4 is 16.7 Å². The normalized spacial score (nSPS) is 14.3. The van der Waals surface area contributed by atoms with Crippen molar-refractivity contribution in [1.29, 1.82) is 0 Å². The molecule has 1 aromatic heterocycles. The summed E-state index contributed by atoms with van der Waals surface area (Å²) in [4.78, 5) is 16.6. The van der Waals surface area contributed by atoms with Gasteiger partial charge >= 0.3 is 5.49 Å². The molecule has 4 nitrogen and oxygen atoms in total. The van der Waals surface area contributed by atoms with Gasteiger partial charge in [0.2, 0.25) is 0 Å². The Morgan fingerprint density at radius 2 is 1.61 bits per heavy atom. The molecule has 5 heteroatoms. The van der Waals surface area contributed by atoms with E-state index >= 15 is 0 Å².